The van der Waals surface area contributed by atoms with Crippen molar-refractivity contribution in [3.05, 3.63) is 27.5 Å². The van der Waals surface area contributed by atoms with E-state index in [-0.39, 0.29) is 28.2 Å². The van der Waals surface area contributed by atoms with E-state index in [0.717, 1.165) is 0 Å². The van der Waals surface area contributed by atoms with E-state index in [1.807, 2.05) is 0 Å². The quantitative estimate of drug-likeness (QED) is 0.624. The van der Waals surface area contributed by atoms with Crippen molar-refractivity contribution in [1.29, 1.82) is 0 Å². The van der Waals surface area contributed by atoms with E-state index in [0.29, 0.717) is 5.69 Å². The fourth-order valence-electron chi connectivity index (χ4n) is 0.951. The number of aromatic nitrogens is 1. The number of nitrogens with zero attached hydrogens (tertiary/aromatic N) is 1. The minimum Gasteiger partial charge on any atom is -0.461 e. The Balaban J connectivity index is 3.15. The molecule has 0 fully saturated rings. The predicted octanol–water partition coefficient (Wildman–Crippen LogP) is 3.30. The SMILES string of the molecule is CCOC(=O)c1nc(CCl)cc(Cl)c1Cl. The Morgan fingerprint density at radius 3 is 2.73 bits per heavy atom. The lowest BCUT2D eigenvalue weighted by Crippen LogP contribution is -2.09. The van der Waals surface area contributed by atoms with Crippen molar-refractivity contribution in [3.63, 3.8) is 0 Å². The average Bonchev–Trinajstić information content (AvgIpc) is 2.22. The molecule has 82 valence electrons. The number of hydrogen-bond acceptors (Lipinski definition) is 3. The topological polar surface area (TPSA) is 39.2 Å². The van der Waals surface area contributed by atoms with Gasteiger partial charge in [-0.05, 0) is 13.0 Å². The molecule has 0 bridgehead atoms. The summed E-state index contributed by atoms with van der Waals surface area (Å²) in [6.07, 6.45) is 0. The van der Waals surface area contributed by atoms with Crippen LogP contribution in [0.3, 0.4) is 0 Å². The summed E-state index contributed by atoms with van der Waals surface area (Å²) in [6.45, 7) is 1.94. The van der Waals surface area contributed by atoms with Crippen LogP contribution in [0, 0.1) is 0 Å². The number of esters is 1. The number of pyridine rings is 1. The van der Waals surface area contributed by atoms with Crippen LogP contribution in [0.1, 0.15) is 23.1 Å². The molecule has 0 aromatic carbocycles. The number of hydrogen-bond donors (Lipinski definition) is 0. The average molecular weight is 269 g/mol. The van der Waals surface area contributed by atoms with Gasteiger partial charge in [-0.3, -0.25) is 0 Å². The van der Waals surface area contributed by atoms with Crippen molar-refractivity contribution in [1.82, 2.24) is 4.98 Å². The van der Waals surface area contributed by atoms with Crippen molar-refractivity contribution >= 4 is 40.8 Å². The fourth-order valence-corrected chi connectivity index (χ4v) is 1.48. The summed E-state index contributed by atoms with van der Waals surface area (Å²) < 4.78 is 4.78. The third-order valence-corrected chi connectivity index (χ3v) is 2.62. The minimum absolute atomic E-state index is 0.00154. The van der Waals surface area contributed by atoms with Gasteiger partial charge in [0.05, 0.1) is 28.2 Å². The summed E-state index contributed by atoms with van der Waals surface area (Å²) in [4.78, 5) is 15.4. The van der Waals surface area contributed by atoms with Crippen LogP contribution in [0.5, 0.6) is 0 Å². The van der Waals surface area contributed by atoms with Crippen LogP contribution >= 0.6 is 34.8 Å². The van der Waals surface area contributed by atoms with Crippen LogP contribution in [0.25, 0.3) is 0 Å². The van der Waals surface area contributed by atoms with E-state index in [2.05, 4.69) is 4.98 Å². The maximum Gasteiger partial charge on any atom is 0.358 e. The maximum atomic E-state index is 11.4. The van der Waals surface area contributed by atoms with Crippen molar-refractivity contribution < 1.29 is 9.53 Å². The molecule has 1 aromatic rings. The Kier molecular flexibility index (Phi) is 4.64. The highest BCUT2D eigenvalue weighted by molar-refractivity contribution is 6.43. The van der Waals surface area contributed by atoms with E-state index >= 15 is 0 Å². The molecule has 15 heavy (non-hydrogen) atoms. The van der Waals surface area contributed by atoms with Crippen LogP contribution in [-0.4, -0.2) is 17.6 Å². The number of rotatable bonds is 3. The zero-order chi connectivity index (χ0) is 11.4. The molecule has 0 aliphatic heterocycles. The summed E-state index contributed by atoms with van der Waals surface area (Å²) >= 11 is 17.2. The van der Waals surface area contributed by atoms with Crippen LogP contribution in [0.2, 0.25) is 10.0 Å². The van der Waals surface area contributed by atoms with Crippen LogP contribution in [-0.2, 0) is 10.6 Å². The second-order valence-corrected chi connectivity index (χ2v) is 3.66. The Morgan fingerprint density at radius 1 is 1.53 bits per heavy atom. The number of alkyl halides is 1. The summed E-state index contributed by atoms with van der Waals surface area (Å²) in [5, 5.41) is 0.328. The van der Waals surface area contributed by atoms with Gasteiger partial charge in [-0.15, -0.1) is 11.6 Å². The lowest BCUT2D eigenvalue weighted by atomic mass is 10.3. The molecule has 3 nitrogen and oxygen atoms in total. The third kappa shape index (κ3) is 2.97. The van der Waals surface area contributed by atoms with E-state index in [1.54, 1.807) is 6.92 Å². The van der Waals surface area contributed by atoms with Gasteiger partial charge < -0.3 is 4.74 Å². The molecule has 0 amide bonds. The maximum absolute atomic E-state index is 11.4. The molecule has 0 saturated carbocycles. The first-order valence-electron chi connectivity index (χ1n) is 4.18. The van der Waals surface area contributed by atoms with E-state index in [4.69, 9.17) is 39.5 Å². The molecule has 0 radical (unpaired) electrons. The Labute approximate surface area is 102 Å². The highest BCUT2D eigenvalue weighted by Gasteiger charge is 2.17. The number of carbonyl (C=O) groups excluding carboxylic acids is 1. The largest absolute Gasteiger partial charge is 0.461 e. The lowest BCUT2D eigenvalue weighted by molar-refractivity contribution is 0.0519. The van der Waals surface area contributed by atoms with Crippen LogP contribution in [0.4, 0.5) is 0 Å². The Morgan fingerprint density at radius 2 is 2.20 bits per heavy atom. The first kappa shape index (κ1) is 12.6. The molecular weight excluding hydrogens is 260 g/mol. The first-order valence-corrected chi connectivity index (χ1v) is 5.47. The smallest absolute Gasteiger partial charge is 0.358 e. The van der Waals surface area contributed by atoms with Crippen molar-refractivity contribution in [2.75, 3.05) is 6.61 Å². The van der Waals surface area contributed by atoms with Crippen molar-refractivity contribution in [2.45, 2.75) is 12.8 Å². The van der Waals surface area contributed by atoms with Crippen molar-refractivity contribution in [3.8, 4) is 0 Å². The van der Waals surface area contributed by atoms with Crippen LogP contribution < -0.4 is 0 Å². The number of ether oxygens (including phenoxy) is 1. The summed E-state index contributed by atoms with van der Waals surface area (Å²) in [6, 6.07) is 1.51. The van der Waals surface area contributed by atoms with E-state index in [9.17, 15) is 4.79 Å². The van der Waals surface area contributed by atoms with Gasteiger partial charge in [0.25, 0.3) is 0 Å². The highest BCUT2D eigenvalue weighted by atomic mass is 35.5. The molecule has 6 heteroatoms. The van der Waals surface area contributed by atoms with Gasteiger partial charge in [-0.2, -0.15) is 0 Å². The molecule has 0 atom stereocenters. The zero-order valence-electron chi connectivity index (χ0n) is 7.89. The van der Waals surface area contributed by atoms with E-state index < -0.39 is 5.97 Å². The van der Waals surface area contributed by atoms with Gasteiger partial charge in [-0.25, -0.2) is 9.78 Å². The standard InChI is InChI=1S/C9H8Cl3NO2/c1-2-15-9(14)8-7(12)6(11)3-5(4-10)13-8/h3H,2,4H2,1H3. The first-order chi connectivity index (χ1) is 7.10. The van der Waals surface area contributed by atoms with Gasteiger partial charge in [0.2, 0.25) is 0 Å². The fraction of sp³-hybridized carbons (Fsp3) is 0.333. The number of carbonyl (C=O) groups is 1. The molecule has 0 spiro atoms. The zero-order valence-corrected chi connectivity index (χ0v) is 10.2. The van der Waals surface area contributed by atoms with Gasteiger partial charge >= 0.3 is 5.97 Å². The van der Waals surface area contributed by atoms with Gasteiger partial charge in [0.15, 0.2) is 5.69 Å². The summed E-state index contributed by atoms with van der Waals surface area (Å²) in [5.41, 5.74) is 0.482. The lowest BCUT2D eigenvalue weighted by Gasteiger charge is -2.06. The second-order valence-electron chi connectivity index (χ2n) is 2.61. The molecule has 1 rings (SSSR count). The van der Waals surface area contributed by atoms with Crippen LogP contribution in [0.15, 0.2) is 6.07 Å². The van der Waals surface area contributed by atoms with E-state index in [1.165, 1.54) is 6.07 Å². The summed E-state index contributed by atoms with van der Waals surface area (Å²) in [5.74, 6) is -0.445. The molecule has 1 heterocycles. The molecule has 0 aliphatic rings. The molecular formula is C9H8Cl3NO2. The summed E-state index contributed by atoms with van der Waals surface area (Å²) in [7, 11) is 0. The van der Waals surface area contributed by atoms with Gasteiger partial charge in [0.1, 0.15) is 0 Å². The molecule has 0 saturated heterocycles. The molecule has 0 N–H and O–H groups in total. The molecule has 1 aromatic heterocycles. The normalized spacial score (nSPS) is 10.1. The highest BCUT2D eigenvalue weighted by Crippen LogP contribution is 2.26. The molecule has 0 aliphatic carbocycles. The van der Waals surface area contributed by atoms with Gasteiger partial charge in [-0.1, -0.05) is 23.2 Å². The number of halogens is 3. The minimum atomic E-state index is -0.601. The predicted molar refractivity (Wildman–Crippen MR) is 59.8 cm³/mol. The Hall–Kier alpha value is -0.510. The Bertz CT molecular complexity index is 382. The monoisotopic (exact) mass is 267 g/mol. The second kappa shape index (κ2) is 5.54. The molecule has 0 unspecified atom stereocenters. The third-order valence-electron chi connectivity index (χ3n) is 1.57. The van der Waals surface area contributed by atoms with Gasteiger partial charge in [0, 0.05) is 0 Å². The van der Waals surface area contributed by atoms with Crippen molar-refractivity contribution in [2.24, 2.45) is 0 Å².